The fourth-order valence-electron chi connectivity index (χ4n) is 0.892. The molecule has 66 valence electrons. The quantitative estimate of drug-likeness (QED) is 0.538. The summed E-state index contributed by atoms with van der Waals surface area (Å²) in [6.07, 6.45) is 0. The van der Waals surface area contributed by atoms with E-state index in [0.717, 1.165) is 0 Å². The lowest BCUT2D eigenvalue weighted by molar-refractivity contribution is 0.0527. The molecule has 0 aliphatic heterocycles. The third-order valence-electron chi connectivity index (χ3n) is 1.46. The molecule has 0 aliphatic carbocycles. The lowest BCUT2D eigenvalue weighted by Crippen LogP contribution is -2.07. The van der Waals surface area contributed by atoms with Crippen LogP contribution in [0.5, 0.6) is 0 Å². The summed E-state index contributed by atoms with van der Waals surface area (Å²) in [4.78, 5) is 11.2. The first kappa shape index (κ1) is 8.59. The van der Waals surface area contributed by atoms with E-state index in [9.17, 15) is 4.79 Å². The summed E-state index contributed by atoms with van der Waals surface area (Å²) in [5.41, 5.74) is 6.44. The molecule has 2 N–H and O–H groups in total. The fourth-order valence-corrected chi connectivity index (χ4v) is 0.892. The minimum Gasteiger partial charge on any atom is -0.462 e. The first-order valence-electron chi connectivity index (χ1n) is 3.77. The van der Waals surface area contributed by atoms with Crippen LogP contribution < -0.4 is 5.73 Å². The summed E-state index contributed by atoms with van der Waals surface area (Å²) in [6, 6.07) is 6.85. The number of carbonyl (C=O) groups excluding carboxylic acids is 1. The average molecular weight is 167 g/mol. The highest BCUT2D eigenvalue weighted by Crippen LogP contribution is 2.11. The molecule has 0 unspecified atom stereocenters. The normalized spacial score (nSPS) is 9.42. The number of ether oxygens (including phenoxy) is 1. The Morgan fingerprint density at radius 3 is 2.83 bits per heavy atom. The highest BCUT2D eigenvalue weighted by Gasteiger charge is 2.08. The van der Waals surface area contributed by atoms with Crippen molar-refractivity contribution in [1.82, 2.24) is 0 Å². The maximum absolute atomic E-state index is 11.2. The largest absolute Gasteiger partial charge is 0.462 e. The van der Waals surface area contributed by atoms with Crippen molar-refractivity contribution in [3.63, 3.8) is 0 Å². The molecule has 0 radical (unpaired) electrons. The van der Waals surface area contributed by atoms with Crippen LogP contribution in [0.15, 0.2) is 24.3 Å². The number of rotatable bonds is 2. The van der Waals surface area contributed by atoms with E-state index in [2.05, 4.69) is 0 Å². The van der Waals surface area contributed by atoms with Crippen molar-refractivity contribution in [3.05, 3.63) is 29.8 Å². The molecule has 3 heteroatoms. The molecule has 0 saturated heterocycles. The van der Waals surface area contributed by atoms with Crippen molar-refractivity contribution in [1.29, 1.82) is 0 Å². The zero-order valence-electron chi connectivity index (χ0n) is 6.91. The number of nitrogen functional groups attached to an aromatic ring is 1. The molecule has 0 atom stereocenters. The van der Waals surface area contributed by atoms with Crippen LogP contribution in [0, 0.1) is 0 Å². The van der Waals surface area contributed by atoms with E-state index in [1.54, 1.807) is 31.2 Å². The molecule has 0 heterocycles. The van der Waals surface area contributed by atoms with Gasteiger partial charge in [0.2, 0.25) is 0 Å². The van der Waals surface area contributed by atoms with Crippen LogP contribution >= 0.6 is 0 Å². The van der Waals surface area contributed by atoms with E-state index in [-0.39, 0.29) is 7.40 Å². The number of anilines is 1. The Morgan fingerprint density at radius 2 is 2.25 bits per heavy atom. The van der Waals surface area contributed by atoms with E-state index < -0.39 is 0 Å². The first-order valence-corrected chi connectivity index (χ1v) is 3.77. The van der Waals surface area contributed by atoms with Crippen molar-refractivity contribution in [2.24, 2.45) is 0 Å². The number of para-hydroxylation sites is 1. The molecule has 1 aromatic rings. The molecule has 0 saturated carbocycles. The summed E-state index contributed by atoms with van der Waals surface area (Å²) in [6.45, 7) is 2.13. The Morgan fingerprint density at radius 1 is 1.58 bits per heavy atom. The van der Waals surface area contributed by atoms with E-state index in [1.807, 2.05) is 0 Å². The third-order valence-corrected chi connectivity index (χ3v) is 1.46. The summed E-state index contributed by atoms with van der Waals surface area (Å²) >= 11 is 0. The summed E-state index contributed by atoms with van der Waals surface area (Å²) in [5.74, 6) is -0.365. The van der Waals surface area contributed by atoms with Gasteiger partial charge in [0.15, 0.2) is 0 Å². The molecule has 0 fully saturated rings. The molecule has 0 aliphatic rings. The molecule has 0 spiro atoms. The van der Waals surface area contributed by atoms with E-state index in [0.29, 0.717) is 17.9 Å². The monoisotopic (exact) mass is 167 g/mol. The number of hydrogen-bond acceptors (Lipinski definition) is 3. The lowest BCUT2D eigenvalue weighted by Gasteiger charge is -2.03. The summed E-state index contributed by atoms with van der Waals surface area (Å²) < 4.78 is 4.79. The van der Waals surface area contributed by atoms with Gasteiger partial charge in [-0.1, -0.05) is 12.1 Å². The molecule has 12 heavy (non-hydrogen) atoms. The fraction of sp³-hybridized carbons (Fsp3) is 0.222. The number of benzene rings is 1. The second kappa shape index (κ2) is 3.76. The van der Waals surface area contributed by atoms with Crippen LogP contribution in [0.4, 0.5) is 5.69 Å². The van der Waals surface area contributed by atoms with Crippen molar-refractivity contribution >= 4 is 11.7 Å². The average Bonchev–Trinajstić information content (AvgIpc) is 2.05. The van der Waals surface area contributed by atoms with Crippen LogP contribution in [0.3, 0.4) is 0 Å². The zero-order chi connectivity index (χ0) is 8.97. The number of carbonyl (C=O) groups is 1. The smallest absolute Gasteiger partial charge is 0.340 e. The van der Waals surface area contributed by atoms with Gasteiger partial charge in [0.25, 0.3) is 0 Å². The van der Waals surface area contributed by atoms with Gasteiger partial charge in [0.1, 0.15) is 0 Å². The predicted octanol–water partition coefficient (Wildman–Crippen LogP) is 1.69. The first-order chi connectivity index (χ1) is 5.75. The van der Waals surface area contributed by atoms with Crippen LogP contribution in [0.2, 0.25) is 0 Å². The van der Waals surface area contributed by atoms with Crippen molar-refractivity contribution < 1.29 is 11.0 Å². The van der Waals surface area contributed by atoms with Crippen molar-refractivity contribution in [2.75, 3.05) is 12.3 Å². The van der Waals surface area contributed by atoms with Crippen LogP contribution in [0.25, 0.3) is 0 Å². The van der Waals surface area contributed by atoms with Crippen molar-refractivity contribution in [2.45, 2.75) is 6.92 Å². The van der Waals surface area contributed by atoms with E-state index >= 15 is 0 Å². The maximum atomic E-state index is 11.2. The number of nitrogens with two attached hydrogens (primary N) is 1. The molecular weight excluding hydrogens is 154 g/mol. The Hall–Kier alpha value is -1.51. The molecule has 0 bridgehead atoms. The minimum atomic E-state index is -0.365. The van der Waals surface area contributed by atoms with Gasteiger partial charge in [-0.05, 0) is 19.1 Å². The Bertz CT molecular complexity index is 289. The molecule has 1 rings (SSSR count). The van der Waals surface area contributed by atoms with Gasteiger partial charge >= 0.3 is 5.97 Å². The standard InChI is InChI=1S/C9H11NO2.H2/c1-2-12-9(11)7-5-3-4-6-8(7)10;/h3-6H,2,10H2,1H3;1H. The van der Waals surface area contributed by atoms with Crippen molar-refractivity contribution in [3.8, 4) is 0 Å². The van der Waals surface area contributed by atoms with Gasteiger partial charge in [-0.2, -0.15) is 0 Å². The third kappa shape index (κ3) is 1.75. The van der Waals surface area contributed by atoms with Crippen LogP contribution in [0.1, 0.15) is 18.7 Å². The summed E-state index contributed by atoms with van der Waals surface area (Å²) in [5, 5.41) is 0. The maximum Gasteiger partial charge on any atom is 0.340 e. The molecule has 1 aromatic carbocycles. The zero-order valence-corrected chi connectivity index (χ0v) is 6.91. The Kier molecular flexibility index (Phi) is 2.69. The van der Waals surface area contributed by atoms with E-state index in [1.165, 1.54) is 0 Å². The molecule has 0 aromatic heterocycles. The van der Waals surface area contributed by atoms with Gasteiger partial charge in [-0.25, -0.2) is 4.79 Å². The lowest BCUT2D eigenvalue weighted by atomic mass is 10.2. The topological polar surface area (TPSA) is 52.3 Å². The second-order valence-electron chi connectivity index (χ2n) is 2.31. The Labute approximate surface area is 72.6 Å². The van der Waals surface area contributed by atoms with Crippen LogP contribution in [-0.2, 0) is 4.74 Å². The molecule has 3 nitrogen and oxygen atoms in total. The molecule has 0 amide bonds. The van der Waals surface area contributed by atoms with Crippen LogP contribution in [-0.4, -0.2) is 12.6 Å². The highest BCUT2D eigenvalue weighted by molar-refractivity contribution is 5.94. The van der Waals surface area contributed by atoms with Gasteiger partial charge in [-0.15, -0.1) is 0 Å². The second-order valence-corrected chi connectivity index (χ2v) is 2.31. The van der Waals surface area contributed by atoms with Gasteiger partial charge in [0.05, 0.1) is 12.2 Å². The van der Waals surface area contributed by atoms with E-state index in [4.69, 9.17) is 10.5 Å². The predicted molar refractivity (Wildman–Crippen MR) is 48.9 cm³/mol. The SMILES string of the molecule is CCOC(=O)c1ccccc1N.[HH]. The van der Waals surface area contributed by atoms with Gasteiger partial charge in [-0.3, -0.25) is 0 Å². The highest BCUT2D eigenvalue weighted by atomic mass is 16.5. The number of esters is 1. The number of hydrogen-bond donors (Lipinski definition) is 1. The van der Waals surface area contributed by atoms with Gasteiger partial charge < -0.3 is 10.5 Å². The van der Waals surface area contributed by atoms with Gasteiger partial charge in [0, 0.05) is 7.11 Å². The summed E-state index contributed by atoms with van der Waals surface area (Å²) in [7, 11) is 0. The minimum absolute atomic E-state index is 0. The molecular formula is C9H13NO2. The Balaban J connectivity index is 0.00000144.